The second-order valence-corrected chi connectivity index (χ2v) is 13.0. The average Bonchev–Trinajstić information content (AvgIpc) is 3.39. The van der Waals surface area contributed by atoms with Crippen molar-refractivity contribution in [3.05, 3.63) is 170 Å². The smallest absolute Gasteiger partial charge is 0.340 e. The summed E-state index contributed by atoms with van der Waals surface area (Å²) < 4.78 is 23.6. The molecule has 5 aromatic carbocycles. The molecule has 6 nitrogen and oxygen atoms in total. The Balaban J connectivity index is 0.000000144. The quantitative estimate of drug-likeness (QED) is 0.136. The number of carbonyl (C=O) groups excluding carboxylic acids is 1. The maximum atomic E-state index is 12.6. The first-order valence-corrected chi connectivity index (χ1v) is 16.5. The summed E-state index contributed by atoms with van der Waals surface area (Å²) >= 11 is 0. The molecule has 246 valence electrons. The highest BCUT2D eigenvalue weighted by atomic mass is 16.6. The van der Waals surface area contributed by atoms with Gasteiger partial charge in [0.1, 0.15) is 28.6 Å². The normalized spacial score (nSPS) is 13.5. The molecule has 0 bridgehead atoms. The number of ether oxygens (including phenoxy) is 3. The molecule has 0 amide bonds. The van der Waals surface area contributed by atoms with Crippen molar-refractivity contribution in [3.8, 4) is 39.7 Å². The van der Waals surface area contributed by atoms with Gasteiger partial charge in [-0.25, -0.2) is 4.79 Å². The number of esters is 1. The van der Waals surface area contributed by atoms with E-state index in [0.29, 0.717) is 11.3 Å². The van der Waals surface area contributed by atoms with Crippen molar-refractivity contribution >= 4 is 16.9 Å². The number of rotatable bonds is 2. The van der Waals surface area contributed by atoms with Crippen molar-refractivity contribution in [2.75, 3.05) is 7.11 Å². The molecule has 0 aromatic heterocycles. The highest BCUT2D eigenvalue weighted by molar-refractivity contribution is 6.02. The zero-order chi connectivity index (χ0) is 34.7. The van der Waals surface area contributed by atoms with Crippen LogP contribution in [-0.4, -0.2) is 13.1 Å². The summed E-state index contributed by atoms with van der Waals surface area (Å²) in [4.78, 5) is 24.4. The molecule has 0 saturated carbocycles. The third-order valence-corrected chi connectivity index (χ3v) is 9.58. The zero-order valence-electron chi connectivity index (χ0n) is 28.4. The Labute approximate surface area is 289 Å². The van der Waals surface area contributed by atoms with E-state index in [-0.39, 0.29) is 11.4 Å². The Morgan fingerprint density at radius 2 is 1.26 bits per heavy atom. The number of methoxy groups -OCH3 is 1. The maximum Gasteiger partial charge on any atom is 0.340 e. The zero-order valence-corrected chi connectivity index (χ0v) is 28.4. The topological polar surface area (TPSA) is 75.0 Å². The molecular weight excluding hydrogens is 624 g/mol. The van der Waals surface area contributed by atoms with E-state index < -0.39 is 5.60 Å². The molecule has 5 aromatic rings. The minimum absolute atomic E-state index is 0.0549. The number of hydrogen-bond acceptors (Lipinski definition) is 6. The molecule has 6 heteroatoms. The predicted octanol–water partition coefficient (Wildman–Crippen LogP) is 10.1. The van der Waals surface area contributed by atoms with Gasteiger partial charge in [0.25, 0.3) is 0 Å². The minimum Gasteiger partial charge on any atom is -0.497 e. The van der Waals surface area contributed by atoms with E-state index in [1.165, 1.54) is 0 Å². The van der Waals surface area contributed by atoms with Gasteiger partial charge in [-0.05, 0) is 104 Å². The van der Waals surface area contributed by atoms with Crippen LogP contribution in [0.5, 0.6) is 17.2 Å². The largest absolute Gasteiger partial charge is 0.497 e. The van der Waals surface area contributed by atoms with Crippen LogP contribution in [0.4, 0.5) is 0 Å². The molecule has 3 aliphatic heterocycles. The summed E-state index contributed by atoms with van der Waals surface area (Å²) in [6.07, 6.45) is 0. The van der Waals surface area contributed by atoms with Crippen LogP contribution in [0.1, 0.15) is 49.3 Å². The van der Waals surface area contributed by atoms with Gasteiger partial charge in [0.15, 0.2) is 11.0 Å². The average molecular weight is 659 g/mol. The van der Waals surface area contributed by atoms with Gasteiger partial charge in [-0.2, -0.15) is 0 Å². The summed E-state index contributed by atoms with van der Waals surface area (Å²) in [6.45, 7) is 8.14. The Bertz CT molecular complexity index is 2470. The summed E-state index contributed by atoms with van der Waals surface area (Å²) in [7, 11) is 1.67. The number of aryl methyl sites for hydroxylation is 4. The number of hydrogen-bond donors (Lipinski definition) is 0. The second-order valence-electron chi connectivity index (χ2n) is 13.0. The molecular formula is C44H34O6. The summed E-state index contributed by atoms with van der Waals surface area (Å²) in [5.74, 6) is 2.62. The van der Waals surface area contributed by atoms with Crippen LogP contribution >= 0.6 is 0 Å². The van der Waals surface area contributed by atoms with Gasteiger partial charge in [-0.1, -0.05) is 60.7 Å². The molecule has 0 fully saturated rings. The first kappa shape index (κ1) is 31.1. The summed E-state index contributed by atoms with van der Waals surface area (Å²) in [5, 5.41) is 1.03. The fraction of sp³-hybridized carbons (Fsp3) is 0.136. The number of carbonyl (C=O) groups is 1. The predicted molar refractivity (Wildman–Crippen MR) is 195 cm³/mol. The lowest BCUT2D eigenvalue weighted by molar-refractivity contribution is 0.0224. The van der Waals surface area contributed by atoms with Gasteiger partial charge < -0.3 is 18.6 Å². The van der Waals surface area contributed by atoms with Crippen molar-refractivity contribution in [3.63, 3.8) is 0 Å². The van der Waals surface area contributed by atoms with Crippen molar-refractivity contribution in [1.29, 1.82) is 0 Å². The highest BCUT2D eigenvalue weighted by Crippen LogP contribution is 2.56. The van der Waals surface area contributed by atoms with Crippen LogP contribution in [0.2, 0.25) is 0 Å². The van der Waals surface area contributed by atoms with E-state index in [1.54, 1.807) is 19.2 Å². The Morgan fingerprint density at radius 3 is 1.96 bits per heavy atom. The van der Waals surface area contributed by atoms with Crippen LogP contribution < -0.4 is 14.9 Å². The number of benzene rings is 6. The van der Waals surface area contributed by atoms with Crippen LogP contribution in [0.3, 0.4) is 0 Å². The fourth-order valence-electron chi connectivity index (χ4n) is 7.20. The standard InChI is InChI=1S/C22H16O3.C22H18O3/c1-13-7-9-17-19(11-13)24-20-12-14(2)8-10-18(20)22(17)16-6-4-3-5-15(16)21(23)25-22;1-13-4-7-18-20(10-13)25-21-12-15(23)5-8-19(21)22(18)17-9-6-16(24-3)11-14(17)2/h3-12H,1-2H3;4-12H,1-3H3. The molecule has 0 N–H and O–H groups in total. The van der Waals surface area contributed by atoms with E-state index >= 15 is 0 Å². The van der Waals surface area contributed by atoms with Gasteiger partial charge in [0.05, 0.1) is 12.7 Å². The SMILES string of the molecule is COc1ccc(-c2c3ccc(=O)cc-3oc3cc(C)ccc23)c(C)c1.Cc1ccc2c(c1)Oc1cc(C)ccc1C21OC(=O)c2ccccc21. The summed E-state index contributed by atoms with van der Waals surface area (Å²) in [5.41, 5.74) is 10.6. The van der Waals surface area contributed by atoms with E-state index in [9.17, 15) is 9.59 Å². The highest BCUT2D eigenvalue weighted by Gasteiger charge is 2.53. The van der Waals surface area contributed by atoms with Gasteiger partial charge in [0, 0.05) is 39.3 Å². The van der Waals surface area contributed by atoms with Crippen LogP contribution in [0, 0.1) is 27.7 Å². The fourth-order valence-corrected chi connectivity index (χ4v) is 7.20. The van der Waals surface area contributed by atoms with Crippen LogP contribution in [0.15, 0.2) is 124 Å². The molecule has 50 heavy (non-hydrogen) atoms. The van der Waals surface area contributed by atoms with Crippen molar-refractivity contribution in [2.24, 2.45) is 0 Å². The third-order valence-electron chi connectivity index (χ3n) is 9.58. The van der Waals surface area contributed by atoms with E-state index in [0.717, 1.165) is 83.9 Å². The molecule has 1 spiro atoms. The first-order chi connectivity index (χ1) is 24.2. The second kappa shape index (κ2) is 11.8. The molecule has 0 radical (unpaired) electrons. The van der Waals surface area contributed by atoms with Gasteiger partial charge in [-0.3, -0.25) is 4.79 Å². The van der Waals surface area contributed by atoms with E-state index in [4.69, 9.17) is 18.6 Å². The molecule has 1 aliphatic carbocycles. The van der Waals surface area contributed by atoms with E-state index in [1.807, 2.05) is 106 Å². The lowest BCUT2D eigenvalue weighted by atomic mass is 9.77. The Morgan fingerprint density at radius 1 is 0.600 bits per heavy atom. The first-order valence-electron chi connectivity index (χ1n) is 16.5. The lowest BCUT2D eigenvalue weighted by Crippen LogP contribution is -2.33. The van der Waals surface area contributed by atoms with Crippen molar-refractivity contribution in [1.82, 2.24) is 0 Å². The molecule has 0 saturated heterocycles. The minimum atomic E-state index is -0.946. The van der Waals surface area contributed by atoms with E-state index in [2.05, 4.69) is 25.1 Å². The molecule has 0 unspecified atom stereocenters. The van der Waals surface area contributed by atoms with Gasteiger partial charge in [0.2, 0.25) is 0 Å². The van der Waals surface area contributed by atoms with Crippen molar-refractivity contribution < 1.29 is 23.4 Å². The lowest BCUT2D eigenvalue weighted by Gasteiger charge is -2.36. The molecule has 3 heterocycles. The van der Waals surface area contributed by atoms with Crippen LogP contribution in [-0.2, 0) is 10.3 Å². The molecule has 9 rings (SSSR count). The van der Waals surface area contributed by atoms with Crippen LogP contribution in [0.25, 0.3) is 33.4 Å². The van der Waals surface area contributed by atoms with Crippen molar-refractivity contribution in [2.45, 2.75) is 33.3 Å². The van der Waals surface area contributed by atoms with Gasteiger partial charge in [-0.15, -0.1) is 0 Å². The monoisotopic (exact) mass is 658 g/mol. The van der Waals surface area contributed by atoms with Gasteiger partial charge >= 0.3 is 5.97 Å². The summed E-state index contributed by atoms with van der Waals surface area (Å²) in [6, 6.07) is 36.9. The number of fused-ring (bicyclic) bond motifs is 8. The third kappa shape index (κ3) is 4.95. The molecule has 4 aliphatic rings. The Kier molecular flexibility index (Phi) is 7.34. The molecule has 0 atom stereocenters. The maximum absolute atomic E-state index is 12.6. The Hall–Kier alpha value is -6.14.